The fourth-order valence-electron chi connectivity index (χ4n) is 2.96. The van der Waals surface area contributed by atoms with Gasteiger partial charge in [0.1, 0.15) is 17.5 Å². The molecule has 3 heterocycles. The first-order chi connectivity index (χ1) is 11.5. The van der Waals surface area contributed by atoms with E-state index in [1.54, 1.807) is 12.3 Å². The number of hydrogen-bond donors (Lipinski definition) is 0. The Morgan fingerprint density at radius 3 is 2.71 bits per heavy atom. The van der Waals surface area contributed by atoms with Crippen molar-refractivity contribution in [3.8, 4) is 0 Å². The van der Waals surface area contributed by atoms with Gasteiger partial charge in [-0.3, -0.25) is 0 Å². The highest BCUT2D eigenvalue weighted by Gasteiger charge is 2.25. The van der Waals surface area contributed by atoms with Gasteiger partial charge in [0.05, 0.1) is 6.20 Å². The molecule has 1 atom stereocenters. The van der Waals surface area contributed by atoms with Gasteiger partial charge in [0.2, 0.25) is 5.95 Å². The Labute approximate surface area is 142 Å². The molecule has 0 radical (unpaired) electrons. The van der Waals surface area contributed by atoms with E-state index in [9.17, 15) is 4.39 Å². The summed E-state index contributed by atoms with van der Waals surface area (Å²) in [6.45, 7) is 1.76. The molecule has 128 valence electrons. The number of pyridine rings is 1. The quantitative estimate of drug-likeness (QED) is 0.856. The van der Waals surface area contributed by atoms with E-state index in [-0.39, 0.29) is 5.82 Å². The third-order valence-corrected chi connectivity index (χ3v) is 4.38. The molecule has 0 bridgehead atoms. The highest BCUT2D eigenvalue weighted by atomic mass is 19.1. The fourth-order valence-corrected chi connectivity index (χ4v) is 2.96. The molecule has 3 rings (SSSR count). The first-order valence-corrected chi connectivity index (χ1v) is 8.14. The van der Waals surface area contributed by atoms with Gasteiger partial charge in [-0.1, -0.05) is 0 Å². The smallest absolute Gasteiger partial charge is 0.227 e. The van der Waals surface area contributed by atoms with E-state index in [1.807, 2.05) is 32.1 Å². The highest BCUT2D eigenvalue weighted by molar-refractivity contribution is 5.44. The molecule has 0 N–H and O–H groups in total. The van der Waals surface area contributed by atoms with Crippen molar-refractivity contribution < 1.29 is 4.39 Å². The average molecular weight is 330 g/mol. The van der Waals surface area contributed by atoms with E-state index in [4.69, 9.17) is 0 Å². The number of piperidine rings is 1. The van der Waals surface area contributed by atoms with Crippen LogP contribution in [0.4, 0.5) is 22.0 Å². The van der Waals surface area contributed by atoms with Gasteiger partial charge in [-0.05, 0) is 31.0 Å². The van der Waals surface area contributed by atoms with Crippen molar-refractivity contribution in [2.24, 2.45) is 0 Å². The van der Waals surface area contributed by atoms with Crippen LogP contribution in [0.2, 0.25) is 0 Å². The molecule has 1 fully saturated rings. The molecule has 0 spiro atoms. The van der Waals surface area contributed by atoms with E-state index in [0.29, 0.717) is 6.04 Å². The lowest BCUT2D eigenvalue weighted by Gasteiger charge is -2.38. The molecule has 2 aromatic heterocycles. The van der Waals surface area contributed by atoms with Gasteiger partial charge < -0.3 is 14.7 Å². The Balaban J connectivity index is 1.74. The zero-order chi connectivity index (χ0) is 17.1. The lowest BCUT2D eigenvalue weighted by molar-refractivity contribution is 0.480. The number of anilines is 3. The molecule has 0 aromatic carbocycles. The predicted molar refractivity (Wildman–Crippen MR) is 94.2 cm³/mol. The monoisotopic (exact) mass is 330 g/mol. The van der Waals surface area contributed by atoms with Crippen LogP contribution in [0.25, 0.3) is 0 Å². The normalized spacial score (nSPS) is 17.7. The fraction of sp³-hybridized carbons (Fsp3) is 0.471. The molecule has 0 saturated carbocycles. The minimum Gasteiger partial charge on any atom is -0.363 e. The van der Waals surface area contributed by atoms with Crippen LogP contribution < -0.4 is 14.7 Å². The molecule has 1 saturated heterocycles. The molecule has 2 aromatic rings. The zero-order valence-electron chi connectivity index (χ0n) is 14.4. The number of aromatic nitrogens is 3. The van der Waals surface area contributed by atoms with Crippen LogP contribution in [0.1, 0.15) is 12.8 Å². The maximum absolute atomic E-state index is 13.1. The summed E-state index contributed by atoms with van der Waals surface area (Å²) < 4.78 is 13.1. The van der Waals surface area contributed by atoms with Gasteiger partial charge >= 0.3 is 0 Å². The molecule has 7 heteroatoms. The van der Waals surface area contributed by atoms with Crippen LogP contribution in [0, 0.1) is 5.82 Å². The second-order valence-electron chi connectivity index (χ2n) is 6.30. The number of likely N-dealkylation sites (N-methyl/N-ethyl adjacent to an activating group) is 1. The Morgan fingerprint density at radius 1 is 1.17 bits per heavy atom. The Morgan fingerprint density at radius 2 is 2.00 bits per heavy atom. The van der Waals surface area contributed by atoms with Crippen LogP contribution in [-0.2, 0) is 0 Å². The summed E-state index contributed by atoms with van der Waals surface area (Å²) in [7, 11) is 5.96. The molecule has 0 aliphatic carbocycles. The van der Waals surface area contributed by atoms with Gasteiger partial charge in [0.25, 0.3) is 0 Å². The Bertz CT molecular complexity index is 675. The number of rotatable bonds is 4. The Kier molecular flexibility index (Phi) is 4.78. The molecule has 1 unspecified atom stereocenters. The molecule has 24 heavy (non-hydrogen) atoms. The van der Waals surface area contributed by atoms with Gasteiger partial charge in [-0.15, -0.1) is 0 Å². The summed E-state index contributed by atoms with van der Waals surface area (Å²) in [4.78, 5) is 19.5. The maximum atomic E-state index is 13.1. The van der Waals surface area contributed by atoms with Gasteiger partial charge in [-0.25, -0.2) is 14.4 Å². The lowest BCUT2D eigenvalue weighted by atomic mass is 10.0. The van der Waals surface area contributed by atoms with Crippen molar-refractivity contribution >= 4 is 17.6 Å². The van der Waals surface area contributed by atoms with Crippen LogP contribution in [0.5, 0.6) is 0 Å². The van der Waals surface area contributed by atoms with E-state index < -0.39 is 0 Å². The molecule has 6 nitrogen and oxygen atoms in total. The minimum absolute atomic E-state index is 0.294. The number of hydrogen-bond acceptors (Lipinski definition) is 6. The molecule has 1 aliphatic heterocycles. The summed E-state index contributed by atoms with van der Waals surface area (Å²) >= 11 is 0. The van der Waals surface area contributed by atoms with Crippen molar-refractivity contribution in [3.05, 3.63) is 36.4 Å². The first kappa shape index (κ1) is 16.4. The van der Waals surface area contributed by atoms with Crippen molar-refractivity contribution in [2.45, 2.75) is 18.9 Å². The third-order valence-electron chi connectivity index (χ3n) is 4.38. The third kappa shape index (κ3) is 3.55. The standard InChI is InChI=1S/C17H23FN6/c1-22(2)16-8-9-19-17(21-16)23(3)14-5-4-10-24(12-14)15-7-6-13(18)11-20-15/h6-9,11,14H,4-5,10,12H2,1-3H3. The van der Waals surface area contributed by atoms with Gasteiger partial charge in [0, 0.05) is 46.5 Å². The lowest BCUT2D eigenvalue weighted by Crippen LogP contribution is -2.47. The predicted octanol–water partition coefficient (Wildman–Crippen LogP) is 2.18. The first-order valence-electron chi connectivity index (χ1n) is 8.14. The SMILES string of the molecule is CN(C)c1ccnc(N(C)C2CCCN(c3ccc(F)cn3)C2)n1. The maximum Gasteiger partial charge on any atom is 0.227 e. The minimum atomic E-state index is -0.307. The second kappa shape index (κ2) is 6.98. The molecule has 0 amide bonds. The van der Waals surface area contributed by atoms with Gasteiger partial charge in [0.15, 0.2) is 0 Å². The van der Waals surface area contributed by atoms with Crippen LogP contribution in [-0.4, -0.2) is 55.2 Å². The summed E-state index contributed by atoms with van der Waals surface area (Å²) in [5.74, 6) is 2.12. The van der Waals surface area contributed by atoms with Crippen molar-refractivity contribution in [1.82, 2.24) is 15.0 Å². The molecular formula is C17H23FN6. The second-order valence-corrected chi connectivity index (χ2v) is 6.30. The zero-order valence-corrected chi connectivity index (χ0v) is 14.4. The summed E-state index contributed by atoms with van der Waals surface area (Å²) in [6, 6.07) is 5.38. The van der Waals surface area contributed by atoms with E-state index in [0.717, 1.165) is 43.5 Å². The van der Waals surface area contributed by atoms with E-state index in [2.05, 4.69) is 24.8 Å². The number of halogens is 1. The summed E-state index contributed by atoms with van der Waals surface area (Å²) in [5.41, 5.74) is 0. The van der Waals surface area contributed by atoms with Crippen LogP contribution in [0.3, 0.4) is 0 Å². The van der Waals surface area contributed by atoms with Crippen LogP contribution in [0.15, 0.2) is 30.6 Å². The molecular weight excluding hydrogens is 307 g/mol. The van der Waals surface area contributed by atoms with Crippen molar-refractivity contribution in [1.29, 1.82) is 0 Å². The van der Waals surface area contributed by atoms with E-state index in [1.165, 1.54) is 12.3 Å². The topological polar surface area (TPSA) is 48.4 Å². The average Bonchev–Trinajstić information content (AvgIpc) is 2.62. The number of nitrogens with zero attached hydrogens (tertiary/aromatic N) is 6. The Hall–Kier alpha value is -2.44. The highest BCUT2D eigenvalue weighted by Crippen LogP contribution is 2.23. The van der Waals surface area contributed by atoms with Crippen molar-refractivity contribution in [3.63, 3.8) is 0 Å². The van der Waals surface area contributed by atoms with Crippen LogP contribution >= 0.6 is 0 Å². The molecule has 1 aliphatic rings. The largest absolute Gasteiger partial charge is 0.363 e. The van der Waals surface area contributed by atoms with Gasteiger partial charge in [-0.2, -0.15) is 4.98 Å². The van der Waals surface area contributed by atoms with Crippen molar-refractivity contribution in [2.75, 3.05) is 48.9 Å². The summed E-state index contributed by atoms with van der Waals surface area (Å²) in [6.07, 6.45) is 5.19. The summed E-state index contributed by atoms with van der Waals surface area (Å²) in [5, 5.41) is 0. The van der Waals surface area contributed by atoms with E-state index >= 15 is 0 Å².